The van der Waals surface area contributed by atoms with Gasteiger partial charge in [-0.25, -0.2) is 4.39 Å². The molecule has 8 nitrogen and oxygen atoms in total. The van der Waals surface area contributed by atoms with Crippen LogP contribution in [-0.4, -0.2) is 85.5 Å². The number of hydrogen-bond donors (Lipinski definition) is 2. The van der Waals surface area contributed by atoms with E-state index in [0.29, 0.717) is 19.6 Å². The first-order valence-electron chi connectivity index (χ1n) is 13.0. The van der Waals surface area contributed by atoms with E-state index in [2.05, 4.69) is 43.4 Å². The summed E-state index contributed by atoms with van der Waals surface area (Å²) in [6.07, 6.45) is 6.28. The fraction of sp³-hybridized carbons (Fsp3) is 0.481. The standard InChI is InChI=1S/C27H35F2N7O/c1-19-6-7-21-20(17-30-22(21)16-19)18-31-33-26-23(28)25(36-8-4-3-5-9-36)24(29)27(32-26)37-15-14-35-12-10-34(2)11-13-35/h6-7,16-18,30H,3-5,8-15H2,1-2H3,(H,32,33)/b31-18+. The fourth-order valence-electron chi connectivity index (χ4n) is 4.95. The van der Waals surface area contributed by atoms with Gasteiger partial charge < -0.3 is 19.5 Å². The number of benzene rings is 1. The molecule has 0 amide bonds. The Morgan fingerprint density at radius 1 is 1.08 bits per heavy atom. The number of aromatic amines is 1. The summed E-state index contributed by atoms with van der Waals surface area (Å²) in [4.78, 5) is 13.7. The van der Waals surface area contributed by atoms with Crippen LogP contribution in [0.25, 0.3) is 10.9 Å². The maximum absolute atomic E-state index is 15.6. The van der Waals surface area contributed by atoms with Gasteiger partial charge in [-0.3, -0.25) is 10.3 Å². The van der Waals surface area contributed by atoms with Crippen LogP contribution in [0.5, 0.6) is 5.88 Å². The number of piperazine rings is 1. The van der Waals surface area contributed by atoms with E-state index in [0.717, 1.165) is 67.5 Å². The number of halogens is 2. The van der Waals surface area contributed by atoms with Crippen molar-refractivity contribution in [3.05, 3.63) is 47.2 Å². The van der Waals surface area contributed by atoms with Crippen LogP contribution in [0.4, 0.5) is 20.3 Å². The third-order valence-corrected chi connectivity index (χ3v) is 7.18. The van der Waals surface area contributed by atoms with Gasteiger partial charge in [-0.15, -0.1) is 0 Å². The quantitative estimate of drug-likeness (QED) is 0.349. The van der Waals surface area contributed by atoms with Gasteiger partial charge in [0.1, 0.15) is 12.3 Å². The molecule has 3 aromatic rings. The molecule has 0 unspecified atom stereocenters. The number of nitrogens with zero attached hydrogens (tertiary/aromatic N) is 5. The third-order valence-electron chi connectivity index (χ3n) is 7.18. The predicted molar refractivity (Wildman–Crippen MR) is 144 cm³/mol. The van der Waals surface area contributed by atoms with Gasteiger partial charge >= 0.3 is 0 Å². The second-order valence-corrected chi connectivity index (χ2v) is 9.95. The van der Waals surface area contributed by atoms with Crippen molar-refractivity contribution >= 4 is 28.6 Å². The minimum Gasteiger partial charge on any atom is -0.474 e. The molecule has 2 fully saturated rings. The number of aromatic nitrogens is 2. The molecule has 2 aliphatic heterocycles. The predicted octanol–water partition coefficient (Wildman–Crippen LogP) is 4.21. The van der Waals surface area contributed by atoms with Crippen molar-refractivity contribution in [3.8, 4) is 5.88 Å². The first-order valence-corrected chi connectivity index (χ1v) is 13.0. The lowest BCUT2D eigenvalue weighted by Gasteiger charge is -2.32. The molecule has 0 bridgehead atoms. The van der Waals surface area contributed by atoms with Crippen LogP contribution in [-0.2, 0) is 0 Å². The van der Waals surface area contributed by atoms with Crippen molar-refractivity contribution in [2.75, 3.05) is 69.8 Å². The Morgan fingerprint density at radius 3 is 2.65 bits per heavy atom. The molecule has 5 rings (SSSR count). The average Bonchev–Trinajstić information content (AvgIpc) is 3.30. The lowest BCUT2D eigenvalue weighted by molar-refractivity contribution is 0.131. The molecule has 4 heterocycles. The lowest BCUT2D eigenvalue weighted by atomic mass is 10.1. The van der Waals surface area contributed by atoms with Crippen LogP contribution in [0, 0.1) is 18.6 Å². The Hall–Kier alpha value is -3.24. The van der Waals surface area contributed by atoms with Gasteiger partial charge in [0.2, 0.25) is 5.82 Å². The van der Waals surface area contributed by atoms with Gasteiger partial charge in [-0.05, 0) is 44.9 Å². The molecule has 37 heavy (non-hydrogen) atoms. The lowest BCUT2D eigenvalue weighted by Crippen LogP contribution is -2.45. The monoisotopic (exact) mass is 511 g/mol. The summed E-state index contributed by atoms with van der Waals surface area (Å²) in [5, 5.41) is 5.23. The van der Waals surface area contributed by atoms with Gasteiger partial charge in [-0.2, -0.15) is 14.5 Å². The number of fused-ring (bicyclic) bond motifs is 1. The first kappa shape index (κ1) is 25.4. The largest absolute Gasteiger partial charge is 0.474 e. The van der Waals surface area contributed by atoms with E-state index in [4.69, 9.17) is 4.74 Å². The van der Waals surface area contributed by atoms with E-state index in [1.54, 1.807) is 11.1 Å². The second-order valence-electron chi connectivity index (χ2n) is 9.95. The number of ether oxygens (including phenoxy) is 1. The maximum Gasteiger partial charge on any atom is 0.254 e. The van der Waals surface area contributed by atoms with E-state index in [-0.39, 0.29) is 24.0 Å². The van der Waals surface area contributed by atoms with Crippen LogP contribution in [0.2, 0.25) is 0 Å². The zero-order chi connectivity index (χ0) is 25.8. The van der Waals surface area contributed by atoms with Crippen molar-refractivity contribution in [1.82, 2.24) is 19.8 Å². The minimum atomic E-state index is -0.752. The summed E-state index contributed by atoms with van der Waals surface area (Å²) in [6, 6.07) is 6.09. The highest BCUT2D eigenvalue weighted by molar-refractivity contribution is 5.99. The molecule has 0 atom stereocenters. The number of likely N-dealkylation sites (N-methyl/N-ethyl adjacent to an activating group) is 1. The Morgan fingerprint density at radius 2 is 1.86 bits per heavy atom. The number of pyridine rings is 1. The average molecular weight is 512 g/mol. The molecule has 0 aliphatic carbocycles. The van der Waals surface area contributed by atoms with E-state index in [1.807, 2.05) is 25.3 Å². The summed E-state index contributed by atoms with van der Waals surface area (Å²) in [5.74, 6) is -1.85. The van der Waals surface area contributed by atoms with Crippen molar-refractivity contribution < 1.29 is 13.5 Å². The number of aryl methyl sites for hydroxylation is 1. The number of anilines is 2. The minimum absolute atomic E-state index is 0.0930. The second kappa shape index (κ2) is 11.4. The number of hydrogen-bond acceptors (Lipinski definition) is 7. The van der Waals surface area contributed by atoms with Gasteiger partial charge in [0, 0.05) is 68.5 Å². The number of rotatable bonds is 8. The molecule has 0 spiro atoms. The van der Waals surface area contributed by atoms with E-state index >= 15 is 8.78 Å². The van der Waals surface area contributed by atoms with Crippen LogP contribution in [0.15, 0.2) is 29.5 Å². The van der Waals surface area contributed by atoms with Crippen LogP contribution >= 0.6 is 0 Å². The van der Waals surface area contributed by atoms with Crippen LogP contribution < -0.4 is 15.1 Å². The summed E-state index contributed by atoms with van der Waals surface area (Å²) in [7, 11) is 2.10. The molecule has 1 aromatic carbocycles. The number of nitrogens with one attached hydrogen (secondary N) is 2. The Balaban J connectivity index is 1.35. The molecular weight excluding hydrogens is 476 g/mol. The molecule has 2 N–H and O–H groups in total. The SMILES string of the molecule is Cc1ccc2c(/C=N/Nc3nc(OCCN4CCN(C)CC4)c(F)c(N4CCCCC4)c3F)c[nH]c2c1. The highest BCUT2D eigenvalue weighted by Crippen LogP contribution is 2.35. The normalized spacial score (nSPS) is 17.7. The van der Waals surface area contributed by atoms with Crippen molar-refractivity contribution in [3.63, 3.8) is 0 Å². The first-order chi connectivity index (χ1) is 18.0. The zero-order valence-electron chi connectivity index (χ0n) is 21.6. The van der Waals surface area contributed by atoms with Gasteiger partial charge in [-0.1, -0.05) is 12.1 Å². The van der Waals surface area contributed by atoms with Crippen LogP contribution in [0.1, 0.15) is 30.4 Å². The Bertz CT molecular complexity index is 1250. The van der Waals surface area contributed by atoms with Crippen LogP contribution in [0.3, 0.4) is 0 Å². The van der Waals surface area contributed by atoms with Gasteiger partial charge in [0.05, 0.1) is 6.21 Å². The fourth-order valence-corrected chi connectivity index (χ4v) is 4.95. The number of hydrazone groups is 1. The molecule has 198 valence electrons. The van der Waals surface area contributed by atoms with Crippen molar-refractivity contribution in [2.24, 2.45) is 5.10 Å². The molecule has 2 aromatic heterocycles. The molecule has 0 radical (unpaired) electrons. The van der Waals surface area contributed by atoms with Gasteiger partial charge in [0.25, 0.3) is 5.88 Å². The van der Waals surface area contributed by atoms with E-state index in [1.165, 1.54) is 0 Å². The van der Waals surface area contributed by atoms with E-state index < -0.39 is 11.6 Å². The highest BCUT2D eigenvalue weighted by Gasteiger charge is 2.27. The van der Waals surface area contributed by atoms with E-state index in [9.17, 15) is 0 Å². The molecular formula is C27H35F2N7O. The summed E-state index contributed by atoms with van der Waals surface area (Å²) in [6.45, 7) is 8.01. The molecule has 2 saturated heterocycles. The summed E-state index contributed by atoms with van der Waals surface area (Å²) >= 11 is 0. The summed E-state index contributed by atoms with van der Waals surface area (Å²) < 4.78 is 36.8. The Kier molecular flexibility index (Phi) is 7.85. The van der Waals surface area contributed by atoms with Gasteiger partial charge in [0.15, 0.2) is 11.6 Å². The molecule has 2 aliphatic rings. The molecule has 0 saturated carbocycles. The Labute approximate surface area is 216 Å². The number of piperidine rings is 1. The molecule has 10 heteroatoms. The third kappa shape index (κ3) is 5.86. The summed E-state index contributed by atoms with van der Waals surface area (Å²) in [5.41, 5.74) is 5.61. The smallest absolute Gasteiger partial charge is 0.254 e. The number of H-pyrrole nitrogens is 1. The maximum atomic E-state index is 15.6. The highest BCUT2D eigenvalue weighted by atomic mass is 19.1. The zero-order valence-corrected chi connectivity index (χ0v) is 21.6. The van der Waals surface area contributed by atoms with Crippen molar-refractivity contribution in [1.29, 1.82) is 0 Å². The van der Waals surface area contributed by atoms with Crippen molar-refractivity contribution in [2.45, 2.75) is 26.2 Å². The topological polar surface area (TPSA) is 72.0 Å².